The van der Waals surface area contributed by atoms with Gasteiger partial charge in [-0.2, -0.15) is 5.26 Å². The van der Waals surface area contributed by atoms with Gasteiger partial charge in [-0.1, -0.05) is 38.9 Å². The highest BCUT2D eigenvalue weighted by atomic mass is 79.9. The lowest BCUT2D eigenvalue weighted by molar-refractivity contribution is 0.102. The summed E-state index contributed by atoms with van der Waals surface area (Å²) >= 11 is 10.3. The van der Waals surface area contributed by atoms with Crippen LogP contribution in [-0.4, -0.2) is 10.9 Å². The molecular weight excluding hydrogens is 338 g/mol. The normalized spacial score (nSPS) is 9.83. The summed E-state index contributed by atoms with van der Waals surface area (Å²) in [6, 6.07) is 6.95. The zero-order chi connectivity index (χ0) is 13.1. The molecule has 1 heterocycles. The molecular formula is C11H5BrClN3OS. The molecule has 1 N–H and O–H groups in total. The minimum absolute atomic E-state index is 0.347. The van der Waals surface area contributed by atoms with Gasteiger partial charge in [-0.15, -0.1) is 0 Å². The molecule has 0 aliphatic carbocycles. The van der Waals surface area contributed by atoms with Gasteiger partial charge in [0.2, 0.25) is 0 Å². The maximum absolute atomic E-state index is 12.0. The Hall–Kier alpha value is -1.42. The molecule has 1 amide bonds. The zero-order valence-corrected chi connectivity index (χ0v) is 11.9. The van der Waals surface area contributed by atoms with Crippen LogP contribution in [0.15, 0.2) is 28.9 Å². The number of hydrogen-bond donors (Lipinski definition) is 1. The number of benzene rings is 1. The summed E-state index contributed by atoms with van der Waals surface area (Å²) in [7, 11) is 0. The van der Waals surface area contributed by atoms with Gasteiger partial charge < -0.3 is 0 Å². The van der Waals surface area contributed by atoms with Crippen molar-refractivity contribution < 1.29 is 4.79 Å². The average molecular weight is 343 g/mol. The lowest BCUT2D eigenvalue weighted by Crippen LogP contribution is -2.12. The fourth-order valence-corrected chi connectivity index (χ4v) is 2.39. The zero-order valence-electron chi connectivity index (χ0n) is 8.78. The van der Waals surface area contributed by atoms with Crippen molar-refractivity contribution in [3.8, 4) is 6.07 Å². The molecule has 0 saturated heterocycles. The molecule has 0 aliphatic heterocycles. The second-order valence-electron chi connectivity index (χ2n) is 3.22. The van der Waals surface area contributed by atoms with Gasteiger partial charge in [-0.3, -0.25) is 10.1 Å². The van der Waals surface area contributed by atoms with Crippen molar-refractivity contribution in [1.82, 2.24) is 4.98 Å². The summed E-state index contributed by atoms with van der Waals surface area (Å²) in [5.74, 6) is -0.361. The number of amides is 1. The van der Waals surface area contributed by atoms with Crippen LogP contribution in [0.4, 0.5) is 5.13 Å². The average Bonchev–Trinajstić information content (AvgIpc) is 2.80. The minimum atomic E-state index is -0.361. The SMILES string of the molecule is N#Cc1cnc(NC(=O)c2cc(Br)ccc2Cl)s1. The second kappa shape index (κ2) is 5.48. The van der Waals surface area contributed by atoms with Gasteiger partial charge in [-0.05, 0) is 18.2 Å². The minimum Gasteiger partial charge on any atom is -0.298 e. The molecule has 2 rings (SSSR count). The standard InChI is InChI=1S/C11H5BrClN3OS/c12-6-1-2-9(13)8(3-6)10(17)16-11-15-5-7(4-14)18-11/h1-3,5H,(H,15,16,17). The summed E-state index contributed by atoms with van der Waals surface area (Å²) in [6.45, 7) is 0. The number of hydrogen-bond acceptors (Lipinski definition) is 4. The molecule has 4 nitrogen and oxygen atoms in total. The maximum Gasteiger partial charge on any atom is 0.258 e. The number of aromatic nitrogens is 1. The van der Waals surface area contributed by atoms with Crippen LogP contribution in [0, 0.1) is 11.3 Å². The summed E-state index contributed by atoms with van der Waals surface area (Å²) in [6.07, 6.45) is 1.41. The summed E-state index contributed by atoms with van der Waals surface area (Å²) < 4.78 is 0.758. The largest absolute Gasteiger partial charge is 0.298 e. The predicted octanol–water partition coefficient (Wildman–Crippen LogP) is 3.68. The van der Waals surface area contributed by atoms with Crippen LogP contribution >= 0.6 is 38.9 Å². The molecule has 1 aromatic heterocycles. The van der Waals surface area contributed by atoms with E-state index in [-0.39, 0.29) is 5.91 Å². The van der Waals surface area contributed by atoms with Crippen molar-refractivity contribution in [3.63, 3.8) is 0 Å². The fourth-order valence-electron chi connectivity index (χ4n) is 1.22. The van der Waals surface area contributed by atoms with Crippen molar-refractivity contribution in [3.05, 3.63) is 44.3 Å². The smallest absolute Gasteiger partial charge is 0.258 e. The van der Waals surface area contributed by atoms with Crippen LogP contribution in [-0.2, 0) is 0 Å². The van der Waals surface area contributed by atoms with Crippen LogP contribution in [0.1, 0.15) is 15.2 Å². The van der Waals surface area contributed by atoms with E-state index in [2.05, 4.69) is 26.2 Å². The number of halogens is 2. The topological polar surface area (TPSA) is 65.8 Å². The van der Waals surface area contributed by atoms with E-state index in [1.54, 1.807) is 18.2 Å². The highest BCUT2D eigenvalue weighted by Gasteiger charge is 2.13. The molecule has 0 fully saturated rings. The van der Waals surface area contributed by atoms with E-state index in [9.17, 15) is 4.79 Å². The number of nitrogens with zero attached hydrogens (tertiary/aromatic N) is 2. The summed E-state index contributed by atoms with van der Waals surface area (Å²) in [5, 5.41) is 12.0. The van der Waals surface area contributed by atoms with Gasteiger partial charge in [0.1, 0.15) is 10.9 Å². The maximum atomic E-state index is 12.0. The monoisotopic (exact) mass is 341 g/mol. The molecule has 0 bridgehead atoms. The van der Waals surface area contributed by atoms with Gasteiger partial charge in [0.25, 0.3) is 5.91 Å². The van der Waals surface area contributed by atoms with Crippen LogP contribution in [0.3, 0.4) is 0 Å². The number of nitriles is 1. The Balaban J connectivity index is 2.22. The highest BCUT2D eigenvalue weighted by Crippen LogP contribution is 2.23. The molecule has 0 spiro atoms. The third-order valence-electron chi connectivity index (χ3n) is 2.01. The predicted molar refractivity (Wildman–Crippen MR) is 73.9 cm³/mol. The number of carbonyl (C=O) groups excluding carboxylic acids is 1. The molecule has 1 aromatic carbocycles. The first kappa shape index (κ1) is 13.0. The van der Waals surface area contributed by atoms with Gasteiger partial charge in [0, 0.05) is 4.47 Å². The Morgan fingerprint density at radius 2 is 2.33 bits per heavy atom. The van der Waals surface area contributed by atoms with Crippen molar-refractivity contribution in [2.45, 2.75) is 0 Å². The van der Waals surface area contributed by atoms with Crippen molar-refractivity contribution in [2.75, 3.05) is 5.32 Å². The highest BCUT2D eigenvalue weighted by molar-refractivity contribution is 9.10. The van der Waals surface area contributed by atoms with Gasteiger partial charge in [0.05, 0.1) is 16.8 Å². The molecule has 2 aromatic rings. The van der Waals surface area contributed by atoms with E-state index in [1.807, 2.05) is 6.07 Å². The molecule has 0 unspecified atom stereocenters. The lowest BCUT2D eigenvalue weighted by Gasteiger charge is -2.04. The number of carbonyl (C=O) groups is 1. The second-order valence-corrected chi connectivity index (χ2v) is 5.57. The number of anilines is 1. The Kier molecular flexibility index (Phi) is 3.97. The van der Waals surface area contributed by atoms with Crippen LogP contribution in [0.25, 0.3) is 0 Å². The quantitative estimate of drug-likeness (QED) is 0.905. The first-order chi connectivity index (χ1) is 8.60. The molecule has 7 heteroatoms. The van der Waals surface area contributed by atoms with Crippen LogP contribution < -0.4 is 5.32 Å². The molecule has 0 radical (unpaired) electrons. The van der Waals surface area contributed by atoms with Gasteiger partial charge in [0.15, 0.2) is 5.13 Å². The number of nitrogens with one attached hydrogen (secondary N) is 1. The molecule has 18 heavy (non-hydrogen) atoms. The fraction of sp³-hybridized carbons (Fsp3) is 0. The van der Waals surface area contributed by atoms with Gasteiger partial charge in [-0.25, -0.2) is 4.98 Å². The van der Waals surface area contributed by atoms with Crippen molar-refractivity contribution in [2.24, 2.45) is 0 Å². The van der Waals surface area contributed by atoms with Crippen LogP contribution in [0.5, 0.6) is 0 Å². The lowest BCUT2D eigenvalue weighted by atomic mass is 10.2. The third-order valence-corrected chi connectivity index (χ3v) is 3.65. The van der Waals surface area contributed by atoms with Crippen LogP contribution in [0.2, 0.25) is 5.02 Å². The van der Waals surface area contributed by atoms with Gasteiger partial charge >= 0.3 is 0 Å². The summed E-state index contributed by atoms with van der Waals surface area (Å²) in [4.78, 5) is 16.3. The van der Waals surface area contributed by atoms with E-state index in [0.717, 1.165) is 15.8 Å². The Morgan fingerprint density at radius 3 is 3.00 bits per heavy atom. The van der Waals surface area contributed by atoms with Crippen molar-refractivity contribution in [1.29, 1.82) is 5.26 Å². The molecule has 90 valence electrons. The Morgan fingerprint density at radius 1 is 1.56 bits per heavy atom. The van der Waals surface area contributed by atoms with E-state index < -0.39 is 0 Å². The van der Waals surface area contributed by atoms with E-state index in [0.29, 0.717) is 20.6 Å². The first-order valence-electron chi connectivity index (χ1n) is 4.72. The Bertz CT molecular complexity index is 650. The van der Waals surface area contributed by atoms with E-state index in [4.69, 9.17) is 16.9 Å². The molecule has 0 atom stereocenters. The number of thiazole rings is 1. The number of rotatable bonds is 2. The van der Waals surface area contributed by atoms with E-state index >= 15 is 0 Å². The first-order valence-corrected chi connectivity index (χ1v) is 6.71. The Labute approximate surface area is 120 Å². The van der Waals surface area contributed by atoms with E-state index in [1.165, 1.54) is 6.20 Å². The molecule has 0 aliphatic rings. The van der Waals surface area contributed by atoms with Crippen molar-refractivity contribution >= 4 is 49.9 Å². The summed E-state index contributed by atoms with van der Waals surface area (Å²) in [5.41, 5.74) is 0.347. The molecule has 0 saturated carbocycles. The third kappa shape index (κ3) is 2.88.